The molecule has 7 heteroatoms. The molecule has 4 N–H and O–H groups in total. The lowest BCUT2D eigenvalue weighted by atomic mass is 9.88. The molecule has 1 atom stereocenters. The summed E-state index contributed by atoms with van der Waals surface area (Å²) in [7, 11) is 2.76. The van der Waals surface area contributed by atoms with Crippen LogP contribution in [0.15, 0.2) is 48.7 Å². The lowest BCUT2D eigenvalue weighted by Crippen LogP contribution is -2.44. The number of ether oxygens (including phenoxy) is 1. The van der Waals surface area contributed by atoms with Crippen LogP contribution in [-0.2, 0) is 9.53 Å². The molecular formula is C21H30N4O3. The summed E-state index contributed by atoms with van der Waals surface area (Å²) in [6.45, 7) is 5.59. The van der Waals surface area contributed by atoms with Gasteiger partial charge in [-0.15, -0.1) is 0 Å². The third-order valence-electron chi connectivity index (χ3n) is 3.57. The molecule has 2 rings (SSSR count). The van der Waals surface area contributed by atoms with Gasteiger partial charge in [0, 0.05) is 18.0 Å². The van der Waals surface area contributed by atoms with Crippen molar-refractivity contribution in [3.05, 3.63) is 54.2 Å². The van der Waals surface area contributed by atoms with Crippen molar-refractivity contribution in [3.63, 3.8) is 0 Å². The number of nitrogens with zero attached hydrogens (tertiary/aromatic N) is 1. The van der Waals surface area contributed by atoms with E-state index in [1.807, 2.05) is 63.2 Å². The van der Waals surface area contributed by atoms with Crippen molar-refractivity contribution < 1.29 is 14.3 Å². The molecular weight excluding hydrogens is 356 g/mol. The van der Waals surface area contributed by atoms with Crippen LogP contribution in [0, 0.1) is 10.8 Å². The van der Waals surface area contributed by atoms with Crippen LogP contribution in [0.1, 0.15) is 26.3 Å². The Morgan fingerprint density at radius 3 is 2.18 bits per heavy atom. The van der Waals surface area contributed by atoms with E-state index in [1.54, 1.807) is 6.20 Å². The molecule has 28 heavy (non-hydrogen) atoms. The van der Waals surface area contributed by atoms with Crippen molar-refractivity contribution in [3.8, 4) is 11.3 Å². The zero-order chi connectivity index (χ0) is 21.6. The predicted octanol–water partition coefficient (Wildman–Crippen LogP) is 3.28. The van der Waals surface area contributed by atoms with Gasteiger partial charge < -0.3 is 26.0 Å². The zero-order valence-electron chi connectivity index (χ0n) is 17.1. The molecule has 7 nitrogen and oxygen atoms in total. The van der Waals surface area contributed by atoms with E-state index in [9.17, 15) is 9.59 Å². The third kappa shape index (κ3) is 9.05. The number of alkyl carbamates (subject to hydrolysis) is 1. The molecule has 1 heterocycles. The Labute approximate surface area is 166 Å². The second-order valence-corrected chi connectivity index (χ2v) is 6.60. The molecule has 0 radical (unpaired) electrons. The predicted molar refractivity (Wildman–Crippen MR) is 113 cm³/mol. The van der Waals surface area contributed by atoms with Crippen LogP contribution in [0.3, 0.4) is 0 Å². The minimum atomic E-state index is -0.581. The fourth-order valence-corrected chi connectivity index (χ4v) is 1.92. The highest BCUT2D eigenvalue weighted by atomic mass is 16.5. The fourth-order valence-electron chi connectivity index (χ4n) is 1.92. The van der Waals surface area contributed by atoms with Gasteiger partial charge in [-0.25, -0.2) is 4.79 Å². The molecule has 0 spiro atoms. The number of carbonyl (C=O) groups excluding carboxylic acids is 2. The molecule has 0 bridgehead atoms. The Kier molecular flexibility index (Phi) is 11.7. The van der Waals surface area contributed by atoms with Gasteiger partial charge in [-0.2, -0.15) is 0 Å². The molecule has 0 fully saturated rings. The van der Waals surface area contributed by atoms with E-state index >= 15 is 0 Å². The normalized spacial score (nSPS) is 10.8. The van der Waals surface area contributed by atoms with Crippen molar-refractivity contribution in [1.82, 2.24) is 10.3 Å². The van der Waals surface area contributed by atoms with Crippen molar-refractivity contribution in [2.75, 3.05) is 14.2 Å². The number of methoxy groups -OCH3 is 1. The number of aromatic nitrogens is 1. The molecule has 0 aliphatic heterocycles. The average Bonchev–Trinajstić information content (AvgIpc) is 2.73. The minimum Gasteiger partial charge on any atom is -0.453 e. The highest BCUT2D eigenvalue weighted by Gasteiger charge is 2.25. The maximum atomic E-state index is 10.7. The third-order valence-corrected chi connectivity index (χ3v) is 3.57. The Hall–Kier alpha value is -3.06. The van der Waals surface area contributed by atoms with E-state index in [2.05, 4.69) is 20.8 Å². The summed E-state index contributed by atoms with van der Waals surface area (Å²) in [4.78, 5) is 25.5. The lowest BCUT2D eigenvalue weighted by Gasteiger charge is -2.25. The molecule has 0 saturated carbocycles. The summed E-state index contributed by atoms with van der Waals surface area (Å²) < 4.78 is 4.37. The smallest absolute Gasteiger partial charge is 0.407 e. The number of nitrogens with two attached hydrogens (primary N) is 1. The SMILES string of the molecule is CN.COC(=O)NC(C=O)C(C)(C)C.N=Cc1ccc(-c2ccccn2)cc1. The van der Waals surface area contributed by atoms with E-state index in [0.29, 0.717) is 6.29 Å². The van der Waals surface area contributed by atoms with Gasteiger partial charge in [-0.05, 0) is 30.2 Å². The molecule has 2 aromatic rings. The summed E-state index contributed by atoms with van der Waals surface area (Å²) in [5, 5.41) is 9.51. The molecule has 0 aliphatic carbocycles. The van der Waals surface area contributed by atoms with Gasteiger partial charge in [0.15, 0.2) is 0 Å². The second kappa shape index (κ2) is 13.2. The van der Waals surface area contributed by atoms with E-state index in [4.69, 9.17) is 5.41 Å². The molecule has 1 unspecified atom stereocenters. The maximum absolute atomic E-state index is 10.7. The highest BCUT2D eigenvalue weighted by molar-refractivity contribution is 5.78. The number of benzene rings is 1. The van der Waals surface area contributed by atoms with Gasteiger partial charge in [-0.3, -0.25) is 4.98 Å². The largest absolute Gasteiger partial charge is 0.453 e. The Balaban J connectivity index is 0.000000485. The van der Waals surface area contributed by atoms with Crippen molar-refractivity contribution in [1.29, 1.82) is 5.41 Å². The van der Waals surface area contributed by atoms with Crippen LogP contribution >= 0.6 is 0 Å². The van der Waals surface area contributed by atoms with Crippen LogP contribution in [0.5, 0.6) is 0 Å². The molecule has 1 amide bonds. The van der Waals surface area contributed by atoms with E-state index in [-0.39, 0.29) is 5.41 Å². The van der Waals surface area contributed by atoms with Crippen LogP contribution in [0.4, 0.5) is 4.79 Å². The Bertz CT molecular complexity index is 711. The summed E-state index contributed by atoms with van der Waals surface area (Å²) in [5.41, 5.74) is 7.17. The van der Waals surface area contributed by atoms with Crippen LogP contribution < -0.4 is 11.1 Å². The molecule has 1 aromatic carbocycles. The van der Waals surface area contributed by atoms with Gasteiger partial charge in [0.2, 0.25) is 0 Å². The number of pyridine rings is 1. The first-order valence-electron chi connectivity index (χ1n) is 8.71. The van der Waals surface area contributed by atoms with Crippen LogP contribution in [-0.4, -0.2) is 43.8 Å². The summed E-state index contributed by atoms with van der Waals surface area (Å²) in [5.74, 6) is 0. The number of hydrogen-bond donors (Lipinski definition) is 3. The van der Waals surface area contributed by atoms with Crippen LogP contribution in [0.2, 0.25) is 0 Å². The van der Waals surface area contributed by atoms with Gasteiger partial charge in [0.05, 0.1) is 18.8 Å². The Morgan fingerprint density at radius 2 is 1.79 bits per heavy atom. The summed E-state index contributed by atoms with van der Waals surface area (Å²) in [6.07, 6.45) is 3.24. The van der Waals surface area contributed by atoms with Crippen molar-refractivity contribution in [2.24, 2.45) is 11.1 Å². The fraction of sp³-hybridized carbons (Fsp3) is 0.333. The van der Waals surface area contributed by atoms with Gasteiger partial charge >= 0.3 is 6.09 Å². The monoisotopic (exact) mass is 386 g/mol. The number of aldehydes is 1. The number of carbonyl (C=O) groups is 2. The quantitative estimate of drug-likeness (QED) is 0.550. The molecule has 152 valence electrons. The summed E-state index contributed by atoms with van der Waals surface area (Å²) >= 11 is 0. The zero-order valence-corrected chi connectivity index (χ0v) is 17.1. The first-order chi connectivity index (χ1) is 13.3. The first-order valence-corrected chi connectivity index (χ1v) is 8.71. The molecule has 0 saturated heterocycles. The standard InChI is InChI=1S/C12H10N2.C8H15NO3.CH5N/c13-9-10-4-6-11(7-5-10)12-3-1-2-8-14-12;1-8(2,3)6(5-10)9-7(11)12-4;1-2/h1-9,13H;5-6H,1-4H3,(H,9,11);2H2,1H3. The van der Waals surface area contributed by atoms with E-state index in [1.165, 1.54) is 20.4 Å². The van der Waals surface area contributed by atoms with Crippen molar-refractivity contribution in [2.45, 2.75) is 26.8 Å². The van der Waals surface area contributed by atoms with Gasteiger partial charge in [0.1, 0.15) is 6.29 Å². The summed E-state index contributed by atoms with van der Waals surface area (Å²) in [6, 6.07) is 13.1. The van der Waals surface area contributed by atoms with Crippen LogP contribution in [0.25, 0.3) is 11.3 Å². The van der Waals surface area contributed by atoms with E-state index < -0.39 is 12.1 Å². The maximum Gasteiger partial charge on any atom is 0.407 e. The lowest BCUT2D eigenvalue weighted by molar-refractivity contribution is -0.111. The average molecular weight is 386 g/mol. The topological polar surface area (TPSA) is 118 Å². The number of hydrogen-bond acceptors (Lipinski definition) is 6. The van der Waals surface area contributed by atoms with Gasteiger partial charge in [-0.1, -0.05) is 51.1 Å². The number of rotatable bonds is 4. The van der Waals surface area contributed by atoms with Crippen molar-refractivity contribution >= 4 is 18.6 Å². The number of nitrogens with one attached hydrogen (secondary N) is 2. The highest BCUT2D eigenvalue weighted by Crippen LogP contribution is 2.17. The minimum absolute atomic E-state index is 0.282. The molecule has 0 aliphatic rings. The van der Waals surface area contributed by atoms with Gasteiger partial charge in [0.25, 0.3) is 0 Å². The Morgan fingerprint density at radius 1 is 1.18 bits per heavy atom. The number of amides is 1. The molecule has 1 aromatic heterocycles. The first kappa shape index (κ1) is 24.9. The second-order valence-electron chi connectivity index (χ2n) is 6.60. The van der Waals surface area contributed by atoms with E-state index in [0.717, 1.165) is 16.8 Å².